The summed E-state index contributed by atoms with van der Waals surface area (Å²) in [5.74, 6) is -1.49. The molecule has 0 aliphatic rings. The van der Waals surface area contributed by atoms with Crippen LogP contribution in [0.3, 0.4) is 0 Å². The number of rotatable bonds is 9. The summed E-state index contributed by atoms with van der Waals surface area (Å²) in [5, 5.41) is 9.01. The predicted molar refractivity (Wildman–Crippen MR) is 91.0 cm³/mol. The highest BCUT2D eigenvalue weighted by atomic mass is 16.5. The summed E-state index contributed by atoms with van der Waals surface area (Å²) >= 11 is 0. The van der Waals surface area contributed by atoms with E-state index in [1.54, 1.807) is 6.92 Å². The maximum absolute atomic E-state index is 11.6. The van der Waals surface area contributed by atoms with E-state index in [0.717, 1.165) is 25.2 Å². The first-order valence-corrected chi connectivity index (χ1v) is 8.01. The molecule has 0 aliphatic carbocycles. The van der Waals surface area contributed by atoms with Crippen LogP contribution >= 0.6 is 0 Å². The largest absolute Gasteiger partial charge is 0.465 e. The number of nitrogens with zero attached hydrogens (tertiary/aromatic N) is 3. The first kappa shape index (κ1) is 18.9. The minimum Gasteiger partial charge on any atom is -0.465 e. The van der Waals surface area contributed by atoms with E-state index >= 15 is 0 Å². The summed E-state index contributed by atoms with van der Waals surface area (Å²) in [6, 6.07) is 10.0. The van der Waals surface area contributed by atoms with Gasteiger partial charge in [-0.05, 0) is 31.1 Å². The lowest BCUT2D eigenvalue weighted by molar-refractivity contribution is -0.143. The van der Waals surface area contributed by atoms with Gasteiger partial charge >= 0.3 is 5.97 Å². The SMILES string of the molecule is CCOC(=O)C(C#N)C=NCc1ccccc1CN(CC)CC. The zero-order valence-electron chi connectivity index (χ0n) is 14.2. The van der Waals surface area contributed by atoms with Crippen molar-refractivity contribution in [3.8, 4) is 6.07 Å². The molecule has 1 aromatic carbocycles. The molecule has 1 rings (SSSR count). The highest BCUT2D eigenvalue weighted by Crippen LogP contribution is 2.13. The van der Waals surface area contributed by atoms with Gasteiger partial charge in [0.05, 0.1) is 19.2 Å². The third-order valence-corrected chi connectivity index (χ3v) is 3.60. The number of hydrogen-bond donors (Lipinski definition) is 0. The fourth-order valence-electron chi connectivity index (χ4n) is 2.19. The Labute approximate surface area is 138 Å². The molecule has 0 heterocycles. The van der Waals surface area contributed by atoms with Crippen molar-refractivity contribution in [3.63, 3.8) is 0 Å². The molecule has 0 saturated heterocycles. The monoisotopic (exact) mass is 315 g/mol. The van der Waals surface area contributed by atoms with E-state index in [2.05, 4.69) is 29.8 Å². The van der Waals surface area contributed by atoms with Crippen LogP contribution in [0.4, 0.5) is 0 Å². The molecule has 0 spiro atoms. The number of esters is 1. The van der Waals surface area contributed by atoms with E-state index in [0.29, 0.717) is 6.54 Å². The second kappa shape index (κ2) is 10.5. The van der Waals surface area contributed by atoms with Gasteiger partial charge in [0.2, 0.25) is 0 Å². The van der Waals surface area contributed by atoms with Crippen molar-refractivity contribution in [1.29, 1.82) is 5.26 Å². The van der Waals surface area contributed by atoms with E-state index in [1.807, 2.05) is 24.3 Å². The number of hydrogen-bond acceptors (Lipinski definition) is 5. The van der Waals surface area contributed by atoms with Gasteiger partial charge in [0.15, 0.2) is 5.92 Å². The summed E-state index contributed by atoms with van der Waals surface area (Å²) in [7, 11) is 0. The Morgan fingerprint density at radius 2 is 1.96 bits per heavy atom. The fraction of sp³-hybridized carbons (Fsp3) is 0.500. The molecule has 5 nitrogen and oxygen atoms in total. The van der Waals surface area contributed by atoms with Gasteiger partial charge in [-0.15, -0.1) is 0 Å². The molecule has 0 aliphatic heterocycles. The van der Waals surface area contributed by atoms with Gasteiger partial charge in [0.25, 0.3) is 0 Å². The Bertz CT molecular complexity index is 560. The van der Waals surface area contributed by atoms with Gasteiger partial charge in [0, 0.05) is 12.8 Å². The summed E-state index contributed by atoms with van der Waals surface area (Å²) < 4.78 is 4.84. The van der Waals surface area contributed by atoms with Crippen molar-refractivity contribution >= 4 is 12.2 Å². The minimum atomic E-state index is -0.940. The normalized spacial score (nSPS) is 12.3. The molecule has 124 valence electrons. The zero-order chi connectivity index (χ0) is 17.1. The first-order chi connectivity index (χ1) is 11.2. The van der Waals surface area contributed by atoms with Crippen molar-refractivity contribution in [1.82, 2.24) is 4.90 Å². The maximum atomic E-state index is 11.6. The molecule has 0 fully saturated rings. The number of carbonyl (C=O) groups is 1. The number of nitriles is 1. The van der Waals surface area contributed by atoms with Crippen molar-refractivity contribution in [3.05, 3.63) is 35.4 Å². The van der Waals surface area contributed by atoms with Gasteiger partial charge in [0.1, 0.15) is 0 Å². The van der Waals surface area contributed by atoms with Crippen LogP contribution in [-0.4, -0.2) is 36.8 Å². The average Bonchev–Trinajstić information content (AvgIpc) is 2.57. The van der Waals surface area contributed by atoms with Gasteiger partial charge in [-0.2, -0.15) is 5.26 Å². The van der Waals surface area contributed by atoms with Crippen LogP contribution in [0.2, 0.25) is 0 Å². The fourth-order valence-corrected chi connectivity index (χ4v) is 2.19. The van der Waals surface area contributed by atoms with Gasteiger partial charge in [-0.1, -0.05) is 38.1 Å². The molecule has 0 N–H and O–H groups in total. The third kappa shape index (κ3) is 6.21. The van der Waals surface area contributed by atoms with Crippen molar-refractivity contribution in [2.45, 2.75) is 33.9 Å². The smallest absolute Gasteiger partial charge is 0.328 e. The van der Waals surface area contributed by atoms with Crippen LogP contribution < -0.4 is 0 Å². The molecule has 1 atom stereocenters. The first-order valence-electron chi connectivity index (χ1n) is 8.01. The molecule has 0 saturated carbocycles. The Morgan fingerprint density at radius 1 is 1.30 bits per heavy atom. The van der Waals surface area contributed by atoms with Crippen LogP contribution in [0.1, 0.15) is 31.9 Å². The predicted octanol–water partition coefficient (Wildman–Crippen LogP) is 2.80. The summed E-state index contributed by atoms with van der Waals surface area (Å²) in [6.45, 7) is 9.57. The summed E-state index contributed by atoms with van der Waals surface area (Å²) in [4.78, 5) is 18.2. The number of benzene rings is 1. The highest BCUT2D eigenvalue weighted by molar-refractivity contribution is 5.92. The molecule has 0 amide bonds. The van der Waals surface area contributed by atoms with Crippen molar-refractivity contribution < 1.29 is 9.53 Å². The molecule has 0 bridgehead atoms. The summed E-state index contributed by atoms with van der Waals surface area (Å²) in [6.07, 6.45) is 1.38. The lowest BCUT2D eigenvalue weighted by atomic mass is 10.1. The average molecular weight is 315 g/mol. The molecule has 0 radical (unpaired) electrons. The third-order valence-electron chi connectivity index (χ3n) is 3.60. The topological polar surface area (TPSA) is 65.7 Å². The molecule has 0 aromatic heterocycles. The maximum Gasteiger partial charge on any atom is 0.328 e. The summed E-state index contributed by atoms with van der Waals surface area (Å²) in [5.41, 5.74) is 2.33. The van der Waals surface area contributed by atoms with Crippen LogP contribution in [0.5, 0.6) is 0 Å². The van der Waals surface area contributed by atoms with E-state index in [-0.39, 0.29) is 6.61 Å². The van der Waals surface area contributed by atoms with Gasteiger partial charge in [-0.3, -0.25) is 14.7 Å². The molecular weight excluding hydrogens is 290 g/mol. The number of ether oxygens (including phenoxy) is 1. The van der Waals surface area contributed by atoms with Crippen molar-refractivity contribution in [2.75, 3.05) is 19.7 Å². The van der Waals surface area contributed by atoms with Crippen LogP contribution in [-0.2, 0) is 22.6 Å². The number of aliphatic imine (C=N–C) groups is 1. The van der Waals surface area contributed by atoms with E-state index in [9.17, 15) is 4.79 Å². The second-order valence-electron chi connectivity index (χ2n) is 5.08. The Balaban J connectivity index is 2.75. The lowest BCUT2D eigenvalue weighted by Crippen LogP contribution is -2.22. The minimum absolute atomic E-state index is 0.261. The standard InChI is InChI=1S/C18H25N3O2/c1-4-21(5-2)14-16-10-8-7-9-15(16)12-20-13-17(11-19)18(22)23-6-3/h7-10,13,17H,4-6,12,14H2,1-3H3. The van der Waals surface area contributed by atoms with Gasteiger partial charge < -0.3 is 4.74 Å². The van der Waals surface area contributed by atoms with Gasteiger partial charge in [-0.25, -0.2) is 0 Å². The second-order valence-corrected chi connectivity index (χ2v) is 5.08. The Kier molecular flexibility index (Phi) is 8.63. The number of carbonyl (C=O) groups excluding carboxylic acids is 1. The van der Waals surface area contributed by atoms with E-state index < -0.39 is 11.9 Å². The Morgan fingerprint density at radius 3 is 2.52 bits per heavy atom. The molecular formula is C18H25N3O2. The lowest BCUT2D eigenvalue weighted by Gasteiger charge is -2.19. The van der Waals surface area contributed by atoms with E-state index in [1.165, 1.54) is 11.8 Å². The molecule has 5 heteroatoms. The molecule has 1 unspecified atom stereocenters. The molecule has 23 heavy (non-hydrogen) atoms. The van der Waals surface area contributed by atoms with Crippen LogP contribution in [0.25, 0.3) is 0 Å². The van der Waals surface area contributed by atoms with Crippen LogP contribution in [0.15, 0.2) is 29.3 Å². The van der Waals surface area contributed by atoms with E-state index in [4.69, 9.17) is 10.00 Å². The zero-order valence-corrected chi connectivity index (χ0v) is 14.2. The quantitative estimate of drug-likeness (QED) is 0.519. The molecule has 1 aromatic rings. The Hall–Kier alpha value is -2.19. The highest BCUT2D eigenvalue weighted by Gasteiger charge is 2.16. The van der Waals surface area contributed by atoms with Crippen LogP contribution in [0, 0.1) is 17.2 Å². The van der Waals surface area contributed by atoms with Crippen molar-refractivity contribution in [2.24, 2.45) is 10.9 Å².